The molecule has 7 N–H and O–H groups in total. The Morgan fingerprint density at radius 1 is 1.12 bits per heavy atom. The van der Waals surface area contributed by atoms with Crippen molar-refractivity contribution in [2.75, 3.05) is 14.1 Å². The maximum Gasteiger partial charge on any atom is 0.129 e. The second-order valence-electron chi connectivity index (χ2n) is 9.87. The van der Waals surface area contributed by atoms with Crippen molar-refractivity contribution < 1.29 is 10.2 Å². The van der Waals surface area contributed by atoms with Gasteiger partial charge in [0.1, 0.15) is 17.3 Å². The van der Waals surface area contributed by atoms with Crippen LogP contribution in [0, 0.1) is 0 Å². The average molecular weight is 441 g/mol. The van der Waals surface area contributed by atoms with E-state index in [0.29, 0.717) is 11.6 Å². The fourth-order valence-corrected chi connectivity index (χ4v) is 4.85. The summed E-state index contributed by atoms with van der Waals surface area (Å²) in [7, 11) is 3.95. The van der Waals surface area contributed by atoms with E-state index in [1.807, 2.05) is 13.1 Å². The lowest BCUT2D eigenvalue weighted by Gasteiger charge is -2.49. The Kier molecular flexibility index (Phi) is 6.46. The van der Waals surface area contributed by atoms with Crippen LogP contribution in [-0.2, 0) is 0 Å². The first-order chi connectivity index (χ1) is 14.9. The molecule has 0 amide bonds. The topological polar surface area (TPSA) is 122 Å². The van der Waals surface area contributed by atoms with Gasteiger partial charge in [0.15, 0.2) is 0 Å². The van der Waals surface area contributed by atoms with Crippen molar-refractivity contribution in [1.29, 1.82) is 0 Å². The Bertz CT molecular complexity index is 968. The monoisotopic (exact) mass is 440 g/mol. The lowest BCUT2D eigenvalue weighted by Crippen LogP contribution is -2.62. The van der Waals surface area contributed by atoms with Crippen LogP contribution < -0.4 is 16.4 Å². The summed E-state index contributed by atoms with van der Waals surface area (Å²) in [5, 5.41) is 34.6. The molecule has 8 heteroatoms. The van der Waals surface area contributed by atoms with Gasteiger partial charge in [-0.1, -0.05) is 0 Å². The first kappa shape index (κ1) is 23.5. The van der Waals surface area contributed by atoms with Gasteiger partial charge in [0.2, 0.25) is 0 Å². The number of nitrogens with zero attached hydrogens (tertiary/aromatic N) is 2. The van der Waals surface area contributed by atoms with E-state index in [9.17, 15) is 10.2 Å². The SMILES string of the molecule is CN/C(=C\C=C(/N)c1c(O)cc(-c2cn[nH]c2)cc1O)N(C)C1CC(C)(C)NC(C)(C)C1. The first-order valence-electron chi connectivity index (χ1n) is 10.9. The smallest absolute Gasteiger partial charge is 0.129 e. The third-order valence-corrected chi connectivity index (χ3v) is 5.99. The summed E-state index contributed by atoms with van der Waals surface area (Å²) in [5.41, 5.74) is 8.20. The van der Waals surface area contributed by atoms with Crippen molar-refractivity contribution in [2.24, 2.45) is 5.73 Å². The van der Waals surface area contributed by atoms with Crippen molar-refractivity contribution in [3.05, 3.63) is 48.1 Å². The normalized spacial score (nSPS) is 19.1. The number of allylic oxidation sites excluding steroid dienone is 2. The molecule has 0 bridgehead atoms. The van der Waals surface area contributed by atoms with Crippen molar-refractivity contribution in [2.45, 2.75) is 57.7 Å². The van der Waals surface area contributed by atoms with Crippen LogP contribution in [0.15, 0.2) is 42.5 Å². The molecule has 0 radical (unpaired) electrons. The Labute approximate surface area is 190 Å². The fourth-order valence-electron chi connectivity index (χ4n) is 4.85. The van der Waals surface area contributed by atoms with E-state index in [1.165, 1.54) is 0 Å². The number of nitrogens with two attached hydrogens (primary N) is 1. The average Bonchev–Trinajstić information content (AvgIpc) is 3.20. The molecule has 32 heavy (non-hydrogen) atoms. The molecule has 1 saturated heterocycles. The van der Waals surface area contributed by atoms with Crippen molar-refractivity contribution in [1.82, 2.24) is 25.7 Å². The number of H-pyrrole nitrogens is 1. The Hall–Kier alpha value is -3.13. The second-order valence-corrected chi connectivity index (χ2v) is 9.87. The predicted octanol–water partition coefficient (Wildman–Crippen LogP) is 3.09. The summed E-state index contributed by atoms with van der Waals surface area (Å²) >= 11 is 0. The van der Waals surface area contributed by atoms with Crippen LogP contribution in [0.3, 0.4) is 0 Å². The molecule has 1 fully saturated rings. The fraction of sp³-hybridized carbons (Fsp3) is 0.458. The molecule has 8 nitrogen and oxygen atoms in total. The van der Waals surface area contributed by atoms with Gasteiger partial charge in [-0.2, -0.15) is 5.10 Å². The molecule has 174 valence electrons. The van der Waals surface area contributed by atoms with Crippen LogP contribution in [0.2, 0.25) is 0 Å². The summed E-state index contributed by atoms with van der Waals surface area (Å²) in [6, 6.07) is 3.47. The number of hydrogen-bond acceptors (Lipinski definition) is 7. The molecule has 3 rings (SSSR count). The van der Waals surface area contributed by atoms with Crippen LogP contribution >= 0.6 is 0 Å². The summed E-state index contributed by atoms with van der Waals surface area (Å²) in [6.07, 6.45) is 8.89. The van der Waals surface area contributed by atoms with Gasteiger partial charge in [-0.15, -0.1) is 0 Å². The molecule has 1 aliphatic rings. The van der Waals surface area contributed by atoms with Crippen LogP contribution in [0.1, 0.15) is 46.1 Å². The van der Waals surface area contributed by atoms with Gasteiger partial charge >= 0.3 is 0 Å². The quantitative estimate of drug-likeness (QED) is 0.382. The molecule has 0 unspecified atom stereocenters. The zero-order valence-corrected chi connectivity index (χ0v) is 19.8. The molecule has 0 aliphatic carbocycles. The van der Waals surface area contributed by atoms with Gasteiger partial charge in [-0.25, -0.2) is 0 Å². The Morgan fingerprint density at radius 2 is 1.72 bits per heavy atom. The standard InChI is InChI=1S/C24H36N6O2/c1-23(2)11-17(12-24(3,4)29-23)30(6)21(26-5)8-7-18(25)22-19(31)9-15(10-20(22)32)16-13-27-28-14-16/h7-10,13-14,17,26,29,31-32H,11-12,25H2,1-6H3,(H,27,28)/b18-7-,21-8+. The van der Waals surface area contributed by atoms with E-state index in [0.717, 1.165) is 24.2 Å². The maximum absolute atomic E-state index is 10.5. The molecule has 0 saturated carbocycles. The minimum absolute atomic E-state index is 0.0305. The molecule has 0 spiro atoms. The van der Waals surface area contributed by atoms with Crippen molar-refractivity contribution in [3.8, 4) is 22.6 Å². The Balaban J connectivity index is 1.86. The van der Waals surface area contributed by atoms with Gasteiger partial charge in [-0.05, 0) is 70.4 Å². The largest absolute Gasteiger partial charge is 0.507 e. The highest BCUT2D eigenvalue weighted by Crippen LogP contribution is 2.36. The lowest BCUT2D eigenvalue weighted by molar-refractivity contribution is 0.0957. The van der Waals surface area contributed by atoms with E-state index in [2.05, 4.69) is 60.5 Å². The number of aromatic amines is 1. The summed E-state index contributed by atoms with van der Waals surface area (Å²) in [6.45, 7) is 8.92. The van der Waals surface area contributed by atoms with Crippen LogP contribution in [-0.4, -0.2) is 56.5 Å². The van der Waals surface area contributed by atoms with E-state index >= 15 is 0 Å². The minimum Gasteiger partial charge on any atom is -0.507 e. The van der Waals surface area contributed by atoms with Crippen molar-refractivity contribution >= 4 is 5.70 Å². The van der Waals surface area contributed by atoms with Crippen LogP contribution in [0.4, 0.5) is 0 Å². The number of piperidine rings is 1. The van der Waals surface area contributed by atoms with Gasteiger partial charge in [0, 0.05) is 48.7 Å². The lowest BCUT2D eigenvalue weighted by atomic mass is 9.79. The molecule has 0 atom stereocenters. The van der Waals surface area contributed by atoms with E-state index in [4.69, 9.17) is 5.73 Å². The van der Waals surface area contributed by atoms with E-state index < -0.39 is 0 Å². The number of benzene rings is 1. The first-order valence-corrected chi connectivity index (χ1v) is 10.9. The number of hydrogen-bond donors (Lipinski definition) is 6. The molecule has 1 aromatic heterocycles. The zero-order valence-electron chi connectivity index (χ0n) is 19.8. The van der Waals surface area contributed by atoms with Gasteiger partial charge < -0.3 is 31.5 Å². The minimum atomic E-state index is -0.0930. The number of phenols is 2. The van der Waals surface area contributed by atoms with Crippen LogP contribution in [0.5, 0.6) is 11.5 Å². The third kappa shape index (κ3) is 5.19. The second kappa shape index (κ2) is 8.78. The highest BCUT2D eigenvalue weighted by atomic mass is 16.3. The zero-order chi connectivity index (χ0) is 23.7. The molecular formula is C24H36N6O2. The van der Waals surface area contributed by atoms with Gasteiger partial charge in [-0.3, -0.25) is 5.10 Å². The Morgan fingerprint density at radius 3 is 2.22 bits per heavy atom. The number of nitrogens with one attached hydrogen (secondary N) is 3. The third-order valence-electron chi connectivity index (χ3n) is 5.99. The molecule has 1 aliphatic heterocycles. The summed E-state index contributed by atoms with van der Waals surface area (Å²) in [5.74, 6) is 0.717. The van der Waals surface area contributed by atoms with Crippen molar-refractivity contribution in [3.63, 3.8) is 0 Å². The summed E-state index contributed by atoms with van der Waals surface area (Å²) < 4.78 is 0. The molecule has 2 aromatic rings. The summed E-state index contributed by atoms with van der Waals surface area (Å²) in [4.78, 5) is 2.23. The number of rotatable bonds is 6. The number of aromatic nitrogens is 2. The van der Waals surface area contributed by atoms with Crippen LogP contribution in [0.25, 0.3) is 16.8 Å². The van der Waals surface area contributed by atoms with Gasteiger partial charge in [0.25, 0.3) is 0 Å². The highest BCUT2D eigenvalue weighted by Gasteiger charge is 2.39. The van der Waals surface area contributed by atoms with E-state index in [-0.39, 0.29) is 33.8 Å². The number of aromatic hydroxyl groups is 2. The predicted molar refractivity (Wildman–Crippen MR) is 129 cm³/mol. The highest BCUT2D eigenvalue weighted by molar-refractivity contribution is 5.78. The molecule has 1 aromatic carbocycles. The van der Waals surface area contributed by atoms with E-state index in [1.54, 1.807) is 30.6 Å². The molecule has 2 heterocycles. The number of phenolic OH excluding ortho intramolecular Hbond substituents is 2. The molecular weight excluding hydrogens is 404 g/mol. The van der Waals surface area contributed by atoms with Gasteiger partial charge in [0.05, 0.1) is 11.8 Å². The maximum atomic E-state index is 10.5.